The van der Waals surface area contributed by atoms with Crippen LogP contribution in [0.5, 0.6) is 0 Å². The molecule has 0 N–H and O–H groups in total. The molecule has 0 atom stereocenters. The van der Waals surface area contributed by atoms with Gasteiger partial charge in [0.1, 0.15) is 0 Å². The van der Waals surface area contributed by atoms with Gasteiger partial charge in [-0.25, -0.2) is 0 Å². The lowest BCUT2D eigenvalue weighted by molar-refractivity contribution is 0.143. The van der Waals surface area contributed by atoms with Crippen molar-refractivity contribution in [2.45, 2.75) is 89.0 Å². The predicted octanol–water partition coefficient (Wildman–Crippen LogP) is 4.84. The Hall–Kier alpha value is 0.177. The first-order valence-electron chi connectivity index (χ1n) is 9.45. The van der Waals surface area contributed by atoms with Crippen molar-refractivity contribution in [3.05, 3.63) is 0 Å². The van der Waals surface area contributed by atoms with E-state index in [1.165, 1.54) is 77.0 Å². The lowest BCUT2D eigenvalue weighted by Crippen LogP contribution is -2.41. The van der Waals surface area contributed by atoms with Gasteiger partial charge in [-0.1, -0.05) is 77.0 Å². The average molecular weight is 295 g/mol. The SMILES string of the molecule is CCO[SiH2]C(C1CCCC1)(C1CCCC1)C1CCCC1. The van der Waals surface area contributed by atoms with Crippen LogP contribution in [-0.2, 0) is 4.43 Å². The van der Waals surface area contributed by atoms with E-state index in [1.54, 1.807) is 0 Å². The molecule has 0 spiro atoms. The summed E-state index contributed by atoms with van der Waals surface area (Å²) in [4.78, 5) is 0. The Balaban J connectivity index is 1.87. The van der Waals surface area contributed by atoms with Crippen molar-refractivity contribution >= 4 is 9.76 Å². The highest BCUT2D eigenvalue weighted by Crippen LogP contribution is 2.62. The van der Waals surface area contributed by atoms with Gasteiger partial charge in [-0.3, -0.25) is 0 Å². The predicted molar refractivity (Wildman–Crippen MR) is 88.7 cm³/mol. The zero-order valence-corrected chi connectivity index (χ0v) is 15.0. The van der Waals surface area contributed by atoms with E-state index in [9.17, 15) is 0 Å². The average Bonchev–Trinajstić information content (AvgIpc) is 3.23. The summed E-state index contributed by atoms with van der Waals surface area (Å²) in [5, 5.41) is 0.708. The Bertz CT molecular complexity index is 245. The molecule has 1 nitrogen and oxygen atoms in total. The highest BCUT2D eigenvalue weighted by Gasteiger charge is 2.52. The molecular formula is C18H34OSi. The first-order valence-corrected chi connectivity index (χ1v) is 10.7. The molecule has 20 heavy (non-hydrogen) atoms. The van der Waals surface area contributed by atoms with Crippen LogP contribution in [0, 0.1) is 17.8 Å². The Morgan fingerprint density at radius 1 is 0.750 bits per heavy atom. The third-order valence-electron chi connectivity index (χ3n) is 6.90. The smallest absolute Gasteiger partial charge is 0.168 e. The van der Waals surface area contributed by atoms with Crippen molar-refractivity contribution in [3.8, 4) is 0 Å². The molecule has 3 aliphatic rings. The van der Waals surface area contributed by atoms with Crippen molar-refractivity contribution in [1.29, 1.82) is 0 Å². The lowest BCUT2D eigenvalue weighted by atomic mass is 9.69. The molecule has 0 radical (unpaired) electrons. The Labute approximate surface area is 128 Å². The summed E-state index contributed by atoms with van der Waals surface area (Å²) in [6, 6.07) is 0. The quantitative estimate of drug-likeness (QED) is 0.637. The topological polar surface area (TPSA) is 9.23 Å². The molecule has 3 fully saturated rings. The van der Waals surface area contributed by atoms with E-state index in [-0.39, 0.29) is 9.76 Å². The molecule has 0 heterocycles. The lowest BCUT2D eigenvalue weighted by Gasteiger charge is -2.48. The summed E-state index contributed by atoms with van der Waals surface area (Å²) < 4.78 is 6.28. The maximum Gasteiger partial charge on any atom is 0.168 e. The summed E-state index contributed by atoms with van der Waals surface area (Å²) in [7, 11) is -0.370. The minimum atomic E-state index is -0.370. The summed E-state index contributed by atoms with van der Waals surface area (Å²) >= 11 is 0. The van der Waals surface area contributed by atoms with Crippen molar-refractivity contribution in [2.24, 2.45) is 17.8 Å². The second-order valence-corrected chi connectivity index (χ2v) is 9.62. The van der Waals surface area contributed by atoms with Crippen LogP contribution in [0.2, 0.25) is 5.04 Å². The maximum atomic E-state index is 6.28. The highest BCUT2D eigenvalue weighted by atomic mass is 28.2. The molecule has 3 saturated carbocycles. The van der Waals surface area contributed by atoms with Crippen LogP contribution in [-0.4, -0.2) is 16.4 Å². The van der Waals surface area contributed by atoms with Crippen molar-refractivity contribution in [1.82, 2.24) is 0 Å². The van der Waals surface area contributed by atoms with E-state index in [0.29, 0.717) is 5.04 Å². The van der Waals surface area contributed by atoms with Crippen molar-refractivity contribution in [2.75, 3.05) is 6.61 Å². The molecule has 0 aromatic carbocycles. The monoisotopic (exact) mass is 294 g/mol. The molecule has 0 aliphatic heterocycles. The van der Waals surface area contributed by atoms with Gasteiger partial charge >= 0.3 is 0 Å². The van der Waals surface area contributed by atoms with Crippen LogP contribution in [0.25, 0.3) is 0 Å². The van der Waals surface area contributed by atoms with E-state index < -0.39 is 0 Å². The van der Waals surface area contributed by atoms with Gasteiger partial charge in [-0.05, 0) is 29.7 Å². The molecule has 0 unspecified atom stereocenters. The summed E-state index contributed by atoms with van der Waals surface area (Å²) in [6.45, 7) is 3.19. The van der Waals surface area contributed by atoms with Gasteiger partial charge in [0.2, 0.25) is 0 Å². The van der Waals surface area contributed by atoms with E-state index in [4.69, 9.17) is 4.43 Å². The van der Waals surface area contributed by atoms with Gasteiger partial charge in [-0.2, -0.15) is 0 Å². The maximum absolute atomic E-state index is 6.28. The molecule has 0 bridgehead atoms. The largest absolute Gasteiger partial charge is 0.424 e. The van der Waals surface area contributed by atoms with E-state index >= 15 is 0 Å². The number of hydrogen-bond acceptors (Lipinski definition) is 1. The molecular weight excluding hydrogens is 260 g/mol. The highest BCUT2D eigenvalue weighted by molar-refractivity contribution is 6.33. The molecule has 0 saturated heterocycles. The van der Waals surface area contributed by atoms with Gasteiger partial charge in [0.25, 0.3) is 0 Å². The van der Waals surface area contributed by atoms with E-state index in [2.05, 4.69) is 6.92 Å². The summed E-state index contributed by atoms with van der Waals surface area (Å²) in [5.74, 6) is 3.14. The van der Waals surface area contributed by atoms with Crippen LogP contribution in [0.4, 0.5) is 0 Å². The van der Waals surface area contributed by atoms with Gasteiger partial charge in [0.15, 0.2) is 9.76 Å². The number of hydrogen-bond donors (Lipinski definition) is 0. The van der Waals surface area contributed by atoms with E-state index in [1.807, 2.05) is 0 Å². The van der Waals surface area contributed by atoms with Crippen LogP contribution >= 0.6 is 0 Å². The third kappa shape index (κ3) is 2.75. The first-order chi connectivity index (χ1) is 9.88. The Kier molecular flexibility index (Phi) is 5.25. The standard InChI is InChI=1S/C18H34OSi/c1-2-19-20-18(15-9-3-4-10-15,16-11-5-6-12-16)17-13-7-8-14-17/h15-17H,2-14,20H2,1H3. The van der Waals surface area contributed by atoms with Gasteiger partial charge in [0.05, 0.1) is 0 Å². The second-order valence-electron chi connectivity index (χ2n) is 7.69. The molecule has 3 rings (SSSR count). The summed E-state index contributed by atoms with van der Waals surface area (Å²) in [5.41, 5.74) is 0. The third-order valence-corrected chi connectivity index (χ3v) is 9.75. The molecule has 3 aliphatic carbocycles. The van der Waals surface area contributed by atoms with Gasteiger partial charge in [-0.15, -0.1) is 0 Å². The minimum Gasteiger partial charge on any atom is -0.424 e. The van der Waals surface area contributed by atoms with Gasteiger partial charge in [0, 0.05) is 6.61 Å². The fourth-order valence-electron chi connectivity index (χ4n) is 6.02. The zero-order valence-electron chi connectivity index (χ0n) is 13.5. The molecule has 0 aromatic rings. The number of rotatable bonds is 6. The van der Waals surface area contributed by atoms with Crippen LogP contribution in [0.15, 0.2) is 0 Å². The second kappa shape index (κ2) is 6.96. The fourth-order valence-corrected chi connectivity index (χ4v) is 8.51. The molecule has 2 heteroatoms. The van der Waals surface area contributed by atoms with Crippen molar-refractivity contribution < 1.29 is 4.43 Å². The Morgan fingerprint density at radius 3 is 1.40 bits per heavy atom. The normalized spacial score (nSPS) is 27.4. The van der Waals surface area contributed by atoms with Gasteiger partial charge < -0.3 is 4.43 Å². The molecule has 0 amide bonds. The van der Waals surface area contributed by atoms with Crippen LogP contribution in [0.1, 0.15) is 84.0 Å². The van der Waals surface area contributed by atoms with Crippen molar-refractivity contribution in [3.63, 3.8) is 0 Å². The van der Waals surface area contributed by atoms with Crippen LogP contribution in [0.3, 0.4) is 0 Å². The molecule has 0 aromatic heterocycles. The zero-order chi connectivity index (χ0) is 13.8. The minimum absolute atomic E-state index is 0.370. The summed E-state index contributed by atoms with van der Waals surface area (Å²) in [6.07, 6.45) is 18.2. The van der Waals surface area contributed by atoms with E-state index in [0.717, 1.165) is 24.4 Å². The first kappa shape index (κ1) is 15.1. The fraction of sp³-hybridized carbons (Fsp3) is 1.00. The Morgan fingerprint density at radius 2 is 1.10 bits per heavy atom. The molecule has 116 valence electrons. The van der Waals surface area contributed by atoms with Crippen LogP contribution < -0.4 is 0 Å².